The number of amides is 6. The third-order valence-electron chi connectivity index (χ3n) is 12.3. The summed E-state index contributed by atoms with van der Waals surface area (Å²) in [6.07, 6.45) is 3.51. The molecule has 0 radical (unpaired) electrons. The number of carbonyl (C=O) groups is 6. The van der Waals surface area contributed by atoms with Gasteiger partial charge < -0.3 is 19.4 Å². The molecule has 57 heavy (non-hydrogen) atoms. The lowest BCUT2D eigenvalue weighted by Crippen LogP contribution is -2.54. The Kier molecular flexibility index (Phi) is 9.45. The van der Waals surface area contributed by atoms with Gasteiger partial charge in [-0.2, -0.15) is 5.26 Å². The number of ether oxygens (including phenoxy) is 1. The summed E-state index contributed by atoms with van der Waals surface area (Å²) in [7, 11) is 0. The zero-order valence-corrected chi connectivity index (χ0v) is 31.9. The molecule has 6 aliphatic rings. The molecule has 1 aliphatic carbocycles. The largest absolute Gasteiger partial charge is 0.490 e. The Hall–Kier alpha value is -5.78. The highest BCUT2D eigenvalue weighted by Gasteiger charge is 2.45. The molecule has 14 nitrogen and oxygen atoms in total. The second kappa shape index (κ2) is 14.6. The van der Waals surface area contributed by atoms with E-state index in [1.807, 2.05) is 17.0 Å². The van der Waals surface area contributed by atoms with Gasteiger partial charge in [-0.15, -0.1) is 0 Å². The maximum atomic E-state index is 13.5. The van der Waals surface area contributed by atoms with Crippen LogP contribution in [0, 0.1) is 11.3 Å². The number of carbonyl (C=O) groups excluding carboxylic acids is 6. The van der Waals surface area contributed by atoms with Crippen molar-refractivity contribution < 1.29 is 33.5 Å². The van der Waals surface area contributed by atoms with Crippen LogP contribution >= 0.6 is 11.6 Å². The number of imide groups is 2. The minimum absolute atomic E-state index is 0.0268. The molecule has 2 saturated heterocycles. The van der Waals surface area contributed by atoms with Gasteiger partial charge in [-0.25, -0.2) is 0 Å². The number of hydrogen-bond acceptors (Lipinski definition) is 10. The number of hydrogen-bond donors (Lipinski definition) is 1. The van der Waals surface area contributed by atoms with Crippen molar-refractivity contribution in [3.63, 3.8) is 0 Å². The van der Waals surface area contributed by atoms with Crippen molar-refractivity contribution >= 4 is 52.7 Å². The Morgan fingerprint density at radius 3 is 2.14 bits per heavy atom. The van der Waals surface area contributed by atoms with E-state index < -0.39 is 29.7 Å². The highest BCUT2D eigenvalue weighted by atomic mass is 35.5. The third-order valence-corrected chi connectivity index (χ3v) is 12.6. The fourth-order valence-corrected chi connectivity index (χ4v) is 9.36. The van der Waals surface area contributed by atoms with Crippen LogP contribution in [0.15, 0.2) is 48.5 Å². The minimum Gasteiger partial charge on any atom is -0.490 e. The maximum absolute atomic E-state index is 13.5. The zero-order valence-electron chi connectivity index (χ0n) is 31.2. The average Bonchev–Trinajstić information content (AvgIpc) is 3.85. The Labute approximate surface area is 333 Å². The molecule has 9 rings (SSSR count). The highest BCUT2D eigenvalue weighted by molar-refractivity contribution is 6.31. The molecule has 1 unspecified atom stereocenters. The Morgan fingerprint density at radius 2 is 1.49 bits per heavy atom. The quantitative estimate of drug-likeness (QED) is 0.350. The van der Waals surface area contributed by atoms with E-state index in [2.05, 4.69) is 27.3 Å². The second-order valence-electron chi connectivity index (χ2n) is 15.7. The van der Waals surface area contributed by atoms with Gasteiger partial charge in [0.15, 0.2) is 0 Å². The first kappa shape index (κ1) is 36.8. The first-order chi connectivity index (χ1) is 27.5. The van der Waals surface area contributed by atoms with Gasteiger partial charge in [0.2, 0.25) is 17.7 Å². The molecule has 15 heteroatoms. The molecular formula is C42H40ClN7O7. The lowest BCUT2D eigenvalue weighted by molar-refractivity contribution is -0.136. The number of halogens is 1. The van der Waals surface area contributed by atoms with E-state index in [-0.39, 0.29) is 54.5 Å². The molecule has 0 spiro atoms. The van der Waals surface area contributed by atoms with Gasteiger partial charge >= 0.3 is 0 Å². The van der Waals surface area contributed by atoms with Crippen LogP contribution in [-0.2, 0) is 34.0 Å². The number of nitrogens with zero attached hydrogens (tertiary/aromatic N) is 6. The summed E-state index contributed by atoms with van der Waals surface area (Å²) in [5.74, 6) is -1.49. The SMILES string of the molecule is N#Cc1ccc(OC2CCC(N3Cc4cc(N5CCN(CC(=O)N6Cc7cc8c(cc7C6)C(=O)N(C6CCC(=O)NC6=O)C8=O)CC5)ccc4C3=O)CC2)cc1Cl. The number of anilines is 1. The van der Waals surface area contributed by atoms with E-state index >= 15 is 0 Å². The van der Waals surface area contributed by atoms with Crippen LogP contribution in [0.4, 0.5) is 5.69 Å². The van der Waals surface area contributed by atoms with Gasteiger partial charge in [-0.3, -0.25) is 43.9 Å². The Bertz CT molecular complexity index is 2250. The number of benzene rings is 3. The average molecular weight is 790 g/mol. The van der Waals surface area contributed by atoms with E-state index in [4.69, 9.17) is 21.6 Å². The van der Waals surface area contributed by atoms with E-state index in [1.54, 1.807) is 35.2 Å². The Morgan fingerprint density at radius 1 is 0.789 bits per heavy atom. The highest BCUT2D eigenvalue weighted by Crippen LogP contribution is 2.36. The van der Waals surface area contributed by atoms with Crippen LogP contribution < -0.4 is 15.0 Å². The van der Waals surface area contributed by atoms with Crippen molar-refractivity contribution in [2.45, 2.75) is 76.3 Å². The van der Waals surface area contributed by atoms with Crippen molar-refractivity contribution in [3.05, 3.63) is 92.5 Å². The van der Waals surface area contributed by atoms with Crippen LogP contribution in [0.2, 0.25) is 5.02 Å². The lowest BCUT2D eigenvalue weighted by Gasteiger charge is -2.36. The molecular weight excluding hydrogens is 750 g/mol. The van der Waals surface area contributed by atoms with Crippen molar-refractivity contribution in [1.82, 2.24) is 24.9 Å². The lowest BCUT2D eigenvalue weighted by atomic mass is 9.92. The van der Waals surface area contributed by atoms with Gasteiger partial charge in [0.25, 0.3) is 17.7 Å². The predicted molar refractivity (Wildman–Crippen MR) is 205 cm³/mol. The normalized spacial score (nSPS) is 23.4. The number of piperazine rings is 1. The molecule has 0 bridgehead atoms. The minimum atomic E-state index is -1.02. The fourth-order valence-electron chi connectivity index (χ4n) is 9.15. The summed E-state index contributed by atoms with van der Waals surface area (Å²) >= 11 is 6.19. The standard InChI is InChI=1S/C42H40ClN7O7/c43-35-18-31(5-1-24(35)19-44)57-30-6-2-28(3-7-30)49-22-27-15-29(4-8-32(27)40(49)54)47-13-11-46(12-14-47)23-38(52)48-20-25-16-33-34(17-26(25)21-48)42(56)50(41(33)55)36-9-10-37(51)45-39(36)53/h1,4-5,8,15-18,28,30,36H,2-3,6-7,9-14,20-23H2,(H,45,51,53). The summed E-state index contributed by atoms with van der Waals surface area (Å²) in [5, 5.41) is 11.7. The third kappa shape index (κ3) is 6.78. The van der Waals surface area contributed by atoms with Gasteiger partial charge in [0.1, 0.15) is 17.9 Å². The first-order valence-electron chi connectivity index (χ1n) is 19.5. The molecule has 0 aromatic heterocycles. The molecule has 6 amide bonds. The molecule has 1 N–H and O–H groups in total. The second-order valence-corrected chi connectivity index (χ2v) is 16.1. The van der Waals surface area contributed by atoms with Crippen LogP contribution in [-0.4, -0.2) is 106 Å². The van der Waals surface area contributed by atoms with E-state index in [0.717, 1.165) is 71.6 Å². The molecule has 292 valence electrons. The van der Waals surface area contributed by atoms with E-state index in [1.165, 1.54) is 0 Å². The summed E-state index contributed by atoms with van der Waals surface area (Å²) < 4.78 is 6.16. The first-order valence-corrected chi connectivity index (χ1v) is 19.8. The monoisotopic (exact) mass is 789 g/mol. The van der Waals surface area contributed by atoms with E-state index in [9.17, 15) is 28.8 Å². The summed E-state index contributed by atoms with van der Waals surface area (Å²) in [5.41, 5.74) is 5.32. The van der Waals surface area contributed by atoms with Crippen molar-refractivity contribution in [2.75, 3.05) is 37.6 Å². The summed E-state index contributed by atoms with van der Waals surface area (Å²) in [6.45, 7) is 4.36. The number of piperidine rings is 1. The molecule has 5 aliphatic heterocycles. The predicted octanol–water partition coefficient (Wildman–Crippen LogP) is 3.62. The molecule has 1 saturated carbocycles. The summed E-state index contributed by atoms with van der Waals surface area (Å²) in [6, 6.07) is 15.7. The van der Waals surface area contributed by atoms with Gasteiger partial charge in [0, 0.05) is 75.6 Å². The number of rotatable bonds is 7. The van der Waals surface area contributed by atoms with Gasteiger partial charge in [-0.1, -0.05) is 11.6 Å². The number of nitrogens with one attached hydrogen (secondary N) is 1. The molecule has 3 aromatic rings. The number of fused-ring (bicyclic) bond motifs is 3. The van der Waals surface area contributed by atoms with Crippen molar-refractivity contribution in [1.29, 1.82) is 5.26 Å². The van der Waals surface area contributed by atoms with Crippen LogP contribution in [0.3, 0.4) is 0 Å². The topological polar surface area (TPSA) is 164 Å². The van der Waals surface area contributed by atoms with E-state index in [0.29, 0.717) is 49.1 Å². The van der Waals surface area contributed by atoms with Crippen LogP contribution in [0.5, 0.6) is 5.75 Å². The molecule has 3 fully saturated rings. The van der Waals surface area contributed by atoms with Crippen LogP contribution in [0.25, 0.3) is 0 Å². The van der Waals surface area contributed by atoms with Crippen LogP contribution in [0.1, 0.15) is 91.9 Å². The van der Waals surface area contributed by atoms with Gasteiger partial charge in [-0.05, 0) is 91.3 Å². The summed E-state index contributed by atoms with van der Waals surface area (Å²) in [4.78, 5) is 86.7. The fraction of sp³-hybridized carbons (Fsp3) is 0.405. The number of nitriles is 1. The van der Waals surface area contributed by atoms with Crippen molar-refractivity contribution in [2.24, 2.45) is 0 Å². The zero-order chi connectivity index (χ0) is 39.5. The molecule has 3 aromatic carbocycles. The Balaban J connectivity index is 0.754. The maximum Gasteiger partial charge on any atom is 0.262 e. The molecule has 5 heterocycles. The molecule has 1 atom stereocenters. The van der Waals surface area contributed by atoms with Crippen molar-refractivity contribution in [3.8, 4) is 11.8 Å². The van der Waals surface area contributed by atoms with Gasteiger partial charge in [0.05, 0.1) is 34.4 Å². The smallest absolute Gasteiger partial charge is 0.262 e.